The summed E-state index contributed by atoms with van der Waals surface area (Å²) in [5.74, 6) is 0.371. The van der Waals surface area contributed by atoms with E-state index in [0.29, 0.717) is 0 Å². The molecule has 2 aromatic rings. The van der Waals surface area contributed by atoms with Gasteiger partial charge in [-0.2, -0.15) is 0 Å². The lowest BCUT2D eigenvalue weighted by molar-refractivity contribution is 0.0465. The summed E-state index contributed by atoms with van der Waals surface area (Å²) in [5.41, 5.74) is 2.03. The second kappa shape index (κ2) is 6.63. The van der Waals surface area contributed by atoms with Crippen molar-refractivity contribution in [3.05, 3.63) is 57.8 Å². The molecule has 3 rings (SSSR count). The molecule has 0 aliphatic carbocycles. The van der Waals surface area contributed by atoms with Crippen LogP contribution in [0.2, 0.25) is 0 Å². The molecule has 116 valence electrons. The Balaban J connectivity index is 1.61. The SMILES string of the molecule is Cc1ccsc1C(=O)N1CCC(C(O)c2ccccc2)CC1. The summed E-state index contributed by atoms with van der Waals surface area (Å²) in [7, 11) is 0. The van der Waals surface area contributed by atoms with Crippen molar-refractivity contribution in [3.63, 3.8) is 0 Å². The third-order valence-corrected chi connectivity index (χ3v) is 5.48. The topological polar surface area (TPSA) is 40.5 Å². The van der Waals surface area contributed by atoms with Gasteiger partial charge in [0, 0.05) is 13.1 Å². The molecule has 0 bridgehead atoms. The van der Waals surface area contributed by atoms with Gasteiger partial charge in [0.25, 0.3) is 5.91 Å². The Hall–Kier alpha value is -1.65. The van der Waals surface area contributed by atoms with E-state index in [4.69, 9.17) is 0 Å². The Kier molecular flexibility index (Phi) is 4.60. The highest BCUT2D eigenvalue weighted by molar-refractivity contribution is 7.12. The van der Waals surface area contributed by atoms with Crippen LogP contribution in [0.5, 0.6) is 0 Å². The zero-order valence-electron chi connectivity index (χ0n) is 12.7. The summed E-state index contributed by atoms with van der Waals surface area (Å²) in [4.78, 5) is 15.3. The smallest absolute Gasteiger partial charge is 0.264 e. The molecule has 1 atom stereocenters. The third kappa shape index (κ3) is 3.08. The number of aliphatic hydroxyl groups excluding tert-OH is 1. The number of thiophene rings is 1. The van der Waals surface area contributed by atoms with Gasteiger partial charge in [-0.1, -0.05) is 30.3 Å². The van der Waals surface area contributed by atoms with E-state index in [1.165, 1.54) is 11.3 Å². The first-order valence-electron chi connectivity index (χ1n) is 7.73. The number of carbonyl (C=O) groups excluding carboxylic acids is 1. The number of hydrogen-bond acceptors (Lipinski definition) is 3. The minimum atomic E-state index is -0.429. The van der Waals surface area contributed by atoms with Gasteiger partial charge in [0.15, 0.2) is 0 Å². The largest absolute Gasteiger partial charge is 0.388 e. The molecule has 1 aromatic carbocycles. The highest BCUT2D eigenvalue weighted by Gasteiger charge is 2.29. The lowest BCUT2D eigenvalue weighted by Crippen LogP contribution is -2.39. The van der Waals surface area contributed by atoms with Crippen molar-refractivity contribution >= 4 is 17.2 Å². The Bertz CT molecular complexity index is 630. The average molecular weight is 315 g/mol. The van der Waals surface area contributed by atoms with Crippen molar-refractivity contribution in [3.8, 4) is 0 Å². The maximum absolute atomic E-state index is 12.5. The van der Waals surface area contributed by atoms with E-state index in [-0.39, 0.29) is 11.8 Å². The molecular weight excluding hydrogens is 294 g/mol. The number of carbonyl (C=O) groups is 1. The number of piperidine rings is 1. The fourth-order valence-corrected chi connectivity index (χ4v) is 3.97. The molecule has 0 radical (unpaired) electrons. The molecule has 1 aromatic heterocycles. The number of aryl methyl sites for hydroxylation is 1. The second-order valence-corrected chi connectivity index (χ2v) is 6.83. The number of amides is 1. The second-order valence-electron chi connectivity index (χ2n) is 5.92. The van der Waals surface area contributed by atoms with E-state index in [1.807, 2.05) is 53.6 Å². The Morgan fingerprint density at radius 3 is 2.50 bits per heavy atom. The molecular formula is C18H21NO2S. The first-order chi connectivity index (χ1) is 10.7. The molecule has 1 aliphatic rings. The van der Waals surface area contributed by atoms with Crippen molar-refractivity contribution in [1.29, 1.82) is 0 Å². The lowest BCUT2D eigenvalue weighted by Gasteiger charge is -2.34. The fraction of sp³-hybridized carbons (Fsp3) is 0.389. The van der Waals surface area contributed by atoms with E-state index in [1.54, 1.807) is 0 Å². The first-order valence-corrected chi connectivity index (χ1v) is 8.61. The number of rotatable bonds is 3. The predicted octanol–water partition coefficient (Wildman–Crippen LogP) is 3.64. The molecule has 0 spiro atoms. The van der Waals surface area contributed by atoms with Gasteiger partial charge in [0.05, 0.1) is 11.0 Å². The summed E-state index contributed by atoms with van der Waals surface area (Å²) >= 11 is 1.51. The highest BCUT2D eigenvalue weighted by Crippen LogP contribution is 2.31. The van der Waals surface area contributed by atoms with Gasteiger partial charge in [-0.3, -0.25) is 4.79 Å². The van der Waals surface area contributed by atoms with Crippen LogP contribution in [0.25, 0.3) is 0 Å². The maximum atomic E-state index is 12.5. The van der Waals surface area contributed by atoms with Crippen molar-refractivity contribution in [2.24, 2.45) is 5.92 Å². The van der Waals surface area contributed by atoms with E-state index in [9.17, 15) is 9.90 Å². The van der Waals surface area contributed by atoms with Crippen LogP contribution in [-0.4, -0.2) is 29.0 Å². The van der Waals surface area contributed by atoms with Crippen molar-refractivity contribution < 1.29 is 9.90 Å². The van der Waals surface area contributed by atoms with E-state index < -0.39 is 6.10 Å². The van der Waals surface area contributed by atoms with Crippen LogP contribution in [0.1, 0.15) is 39.7 Å². The van der Waals surface area contributed by atoms with Gasteiger partial charge < -0.3 is 10.0 Å². The van der Waals surface area contributed by atoms with Crippen LogP contribution >= 0.6 is 11.3 Å². The number of hydrogen-bond donors (Lipinski definition) is 1. The normalized spacial score (nSPS) is 17.5. The first kappa shape index (κ1) is 15.3. The molecule has 3 nitrogen and oxygen atoms in total. The molecule has 1 amide bonds. The van der Waals surface area contributed by atoms with Crippen LogP contribution < -0.4 is 0 Å². The van der Waals surface area contributed by atoms with Crippen molar-refractivity contribution in [1.82, 2.24) is 4.90 Å². The summed E-state index contributed by atoms with van der Waals surface area (Å²) in [5, 5.41) is 12.5. The van der Waals surface area contributed by atoms with Crippen LogP contribution in [0.3, 0.4) is 0 Å². The van der Waals surface area contributed by atoms with Gasteiger partial charge in [0.2, 0.25) is 0 Å². The number of benzene rings is 1. The van der Waals surface area contributed by atoms with Gasteiger partial charge in [0.1, 0.15) is 0 Å². The van der Waals surface area contributed by atoms with E-state index in [0.717, 1.165) is 41.9 Å². The van der Waals surface area contributed by atoms with E-state index in [2.05, 4.69) is 0 Å². The molecule has 1 aliphatic heterocycles. The summed E-state index contributed by atoms with van der Waals surface area (Å²) in [6.07, 6.45) is 1.28. The summed E-state index contributed by atoms with van der Waals surface area (Å²) in [6.45, 7) is 3.44. The summed E-state index contributed by atoms with van der Waals surface area (Å²) in [6, 6.07) is 11.8. The van der Waals surface area contributed by atoms with Gasteiger partial charge in [-0.15, -0.1) is 11.3 Å². The minimum Gasteiger partial charge on any atom is -0.388 e. The molecule has 0 saturated carbocycles. The number of nitrogens with zero attached hydrogens (tertiary/aromatic N) is 1. The zero-order chi connectivity index (χ0) is 15.5. The van der Waals surface area contributed by atoms with Crippen LogP contribution in [0.4, 0.5) is 0 Å². The quantitative estimate of drug-likeness (QED) is 0.939. The van der Waals surface area contributed by atoms with Gasteiger partial charge >= 0.3 is 0 Å². The fourth-order valence-electron chi connectivity index (χ4n) is 3.08. The zero-order valence-corrected chi connectivity index (χ0v) is 13.6. The average Bonchev–Trinajstić information content (AvgIpc) is 3.00. The molecule has 1 unspecified atom stereocenters. The molecule has 4 heteroatoms. The Morgan fingerprint density at radius 1 is 1.23 bits per heavy atom. The minimum absolute atomic E-state index is 0.139. The molecule has 2 heterocycles. The Labute approximate surface area is 135 Å². The standard InChI is InChI=1S/C18H21NO2S/c1-13-9-12-22-17(13)18(21)19-10-7-15(8-11-19)16(20)14-5-3-2-4-6-14/h2-6,9,12,15-16,20H,7-8,10-11H2,1H3. The summed E-state index contributed by atoms with van der Waals surface area (Å²) < 4.78 is 0. The highest BCUT2D eigenvalue weighted by atomic mass is 32.1. The maximum Gasteiger partial charge on any atom is 0.264 e. The monoisotopic (exact) mass is 315 g/mol. The molecule has 1 N–H and O–H groups in total. The third-order valence-electron chi connectivity index (χ3n) is 4.47. The van der Waals surface area contributed by atoms with Gasteiger partial charge in [-0.05, 0) is 48.3 Å². The Morgan fingerprint density at radius 2 is 1.91 bits per heavy atom. The van der Waals surface area contributed by atoms with Crippen LogP contribution in [0.15, 0.2) is 41.8 Å². The van der Waals surface area contributed by atoms with Crippen molar-refractivity contribution in [2.75, 3.05) is 13.1 Å². The van der Waals surface area contributed by atoms with Crippen LogP contribution in [-0.2, 0) is 0 Å². The predicted molar refractivity (Wildman–Crippen MR) is 89.1 cm³/mol. The van der Waals surface area contributed by atoms with Gasteiger partial charge in [-0.25, -0.2) is 0 Å². The van der Waals surface area contributed by atoms with Crippen molar-refractivity contribution in [2.45, 2.75) is 25.9 Å². The van der Waals surface area contributed by atoms with E-state index >= 15 is 0 Å². The molecule has 22 heavy (non-hydrogen) atoms. The molecule has 1 fully saturated rings. The molecule has 1 saturated heterocycles. The number of likely N-dealkylation sites (tertiary alicyclic amines) is 1. The lowest BCUT2D eigenvalue weighted by atomic mass is 9.87. The van der Waals surface area contributed by atoms with Crippen LogP contribution in [0, 0.1) is 12.8 Å². The number of aliphatic hydroxyl groups is 1.